The quantitative estimate of drug-likeness (QED) is 0.783. The van der Waals surface area contributed by atoms with Gasteiger partial charge in [-0.15, -0.1) is 0 Å². The number of nitrogens with zero attached hydrogens (tertiary/aromatic N) is 1. The smallest absolute Gasteiger partial charge is 0.256 e. The predicted molar refractivity (Wildman–Crippen MR) is 107 cm³/mol. The SMILES string of the molecule is O=C(NC1CC1)c1cccc(OCC2CCCN(C(=O)c3ccc(F)cc3F)C2)c1. The van der Waals surface area contributed by atoms with Gasteiger partial charge in [0.2, 0.25) is 0 Å². The molecule has 1 aliphatic carbocycles. The molecule has 1 saturated heterocycles. The number of nitrogens with one attached hydrogen (secondary N) is 1. The number of likely N-dealkylation sites (tertiary alicyclic amines) is 1. The Bertz CT molecular complexity index is 946. The molecule has 4 rings (SSSR count). The Morgan fingerprint density at radius 1 is 1.10 bits per heavy atom. The largest absolute Gasteiger partial charge is 0.493 e. The van der Waals surface area contributed by atoms with E-state index in [4.69, 9.17) is 4.74 Å². The molecule has 1 N–H and O–H groups in total. The fraction of sp³-hybridized carbons (Fsp3) is 0.391. The van der Waals surface area contributed by atoms with E-state index in [1.165, 1.54) is 6.07 Å². The van der Waals surface area contributed by atoms with Crippen molar-refractivity contribution in [3.63, 3.8) is 0 Å². The lowest BCUT2D eigenvalue weighted by Gasteiger charge is -2.32. The van der Waals surface area contributed by atoms with Gasteiger partial charge < -0.3 is 15.0 Å². The standard InChI is InChI=1S/C23H24F2N2O3/c24-17-6-9-20(21(25)12-17)23(29)27-10-2-3-15(13-27)14-30-19-5-1-4-16(11-19)22(28)26-18-7-8-18/h1,4-6,9,11-12,15,18H,2-3,7-8,10,13-14H2,(H,26,28). The average Bonchev–Trinajstić information content (AvgIpc) is 3.56. The molecule has 2 amide bonds. The summed E-state index contributed by atoms with van der Waals surface area (Å²) in [6.45, 7) is 1.36. The molecule has 1 atom stereocenters. The molecule has 0 spiro atoms. The van der Waals surface area contributed by atoms with Crippen LogP contribution in [0.15, 0.2) is 42.5 Å². The first-order valence-electron chi connectivity index (χ1n) is 10.3. The number of amides is 2. The second kappa shape index (κ2) is 8.81. The van der Waals surface area contributed by atoms with Crippen molar-refractivity contribution >= 4 is 11.8 Å². The minimum absolute atomic E-state index is 0.0927. The molecule has 1 aliphatic heterocycles. The summed E-state index contributed by atoms with van der Waals surface area (Å²) in [5.41, 5.74) is 0.443. The van der Waals surface area contributed by atoms with E-state index in [1.807, 2.05) is 0 Å². The van der Waals surface area contributed by atoms with Crippen LogP contribution in [-0.2, 0) is 0 Å². The average molecular weight is 414 g/mol. The summed E-state index contributed by atoms with van der Waals surface area (Å²) in [5, 5.41) is 2.95. The molecule has 1 saturated carbocycles. The molecule has 158 valence electrons. The van der Waals surface area contributed by atoms with Crippen LogP contribution < -0.4 is 10.1 Å². The van der Waals surface area contributed by atoms with Crippen molar-refractivity contribution in [2.75, 3.05) is 19.7 Å². The van der Waals surface area contributed by atoms with E-state index in [9.17, 15) is 18.4 Å². The highest BCUT2D eigenvalue weighted by molar-refractivity contribution is 5.95. The molecular formula is C23H24F2N2O3. The van der Waals surface area contributed by atoms with Crippen LogP contribution in [0.3, 0.4) is 0 Å². The van der Waals surface area contributed by atoms with Crippen LogP contribution in [0.25, 0.3) is 0 Å². The van der Waals surface area contributed by atoms with E-state index in [-0.39, 0.29) is 17.4 Å². The molecule has 30 heavy (non-hydrogen) atoms. The van der Waals surface area contributed by atoms with Crippen molar-refractivity contribution in [3.05, 3.63) is 65.2 Å². The van der Waals surface area contributed by atoms with Crippen LogP contribution in [0.2, 0.25) is 0 Å². The van der Waals surface area contributed by atoms with Crippen molar-refractivity contribution in [2.45, 2.75) is 31.7 Å². The first-order valence-corrected chi connectivity index (χ1v) is 10.3. The third-order valence-electron chi connectivity index (χ3n) is 5.46. The molecule has 1 heterocycles. The minimum Gasteiger partial charge on any atom is -0.493 e. The zero-order valence-electron chi connectivity index (χ0n) is 16.6. The molecule has 7 heteroatoms. The summed E-state index contributed by atoms with van der Waals surface area (Å²) in [7, 11) is 0. The zero-order valence-corrected chi connectivity index (χ0v) is 16.6. The highest BCUT2D eigenvalue weighted by Gasteiger charge is 2.27. The Labute approximate surface area is 174 Å². The summed E-state index contributed by atoms with van der Waals surface area (Å²) >= 11 is 0. The topological polar surface area (TPSA) is 58.6 Å². The molecule has 2 aromatic carbocycles. The third kappa shape index (κ3) is 4.96. The lowest BCUT2D eigenvalue weighted by molar-refractivity contribution is 0.0628. The van der Waals surface area contributed by atoms with E-state index < -0.39 is 17.5 Å². The second-order valence-electron chi connectivity index (χ2n) is 7.97. The Morgan fingerprint density at radius 3 is 2.70 bits per heavy atom. The Hall–Kier alpha value is -2.96. The number of benzene rings is 2. The third-order valence-corrected chi connectivity index (χ3v) is 5.46. The maximum Gasteiger partial charge on any atom is 0.256 e. The number of hydrogen-bond donors (Lipinski definition) is 1. The lowest BCUT2D eigenvalue weighted by Crippen LogP contribution is -2.41. The summed E-state index contributed by atoms with van der Waals surface area (Å²) in [5.74, 6) is -1.39. The molecule has 2 fully saturated rings. The maximum absolute atomic E-state index is 14.0. The molecular weight excluding hydrogens is 390 g/mol. The number of piperidine rings is 1. The monoisotopic (exact) mass is 414 g/mol. The first-order chi connectivity index (χ1) is 14.5. The molecule has 1 unspecified atom stereocenters. The van der Waals surface area contributed by atoms with Gasteiger partial charge in [0, 0.05) is 36.7 Å². The van der Waals surface area contributed by atoms with Crippen molar-refractivity contribution < 1.29 is 23.1 Å². The van der Waals surface area contributed by atoms with Crippen molar-refractivity contribution in [2.24, 2.45) is 5.92 Å². The molecule has 2 aliphatic rings. The minimum atomic E-state index is -0.848. The zero-order chi connectivity index (χ0) is 21.1. The van der Waals surface area contributed by atoms with Gasteiger partial charge >= 0.3 is 0 Å². The van der Waals surface area contributed by atoms with E-state index in [0.29, 0.717) is 37.1 Å². The summed E-state index contributed by atoms with van der Waals surface area (Å²) in [6.07, 6.45) is 3.73. The number of ether oxygens (including phenoxy) is 1. The number of halogens is 2. The van der Waals surface area contributed by atoms with Gasteiger partial charge in [0.25, 0.3) is 11.8 Å². The van der Waals surface area contributed by atoms with Gasteiger partial charge in [-0.3, -0.25) is 9.59 Å². The van der Waals surface area contributed by atoms with Gasteiger partial charge in [-0.1, -0.05) is 6.07 Å². The molecule has 5 nitrogen and oxygen atoms in total. The van der Waals surface area contributed by atoms with Gasteiger partial charge in [-0.25, -0.2) is 8.78 Å². The first kappa shape index (κ1) is 20.3. The maximum atomic E-state index is 14.0. The fourth-order valence-electron chi connectivity index (χ4n) is 3.66. The number of hydrogen-bond acceptors (Lipinski definition) is 3. The van der Waals surface area contributed by atoms with Crippen LogP contribution in [0.5, 0.6) is 5.75 Å². The number of carbonyl (C=O) groups is 2. The van der Waals surface area contributed by atoms with Gasteiger partial charge in [-0.2, -0.15) is 0 Å². The Morgan fingerprint density at radius 2 is 1.93 bits per heavy atom. The van der Waals surface area contributed by atoms with Crippen LogP contribution in [0, 0.1) is 17.6 Å². The fourth-order valence-corrected chi connectivity index (χ4v) is 3.66. The van der Waals surface area contributed by atoms with Crippen LogP contribution >= 0.6 is 0 Å². The number of carbonyl (C=O) groups excluding carboxylic acids is 2. The molecule has 0 aromatic heterocycles. The predicted octanol–water partition coefficient (Wildman–Crippen LogP) is 3.79. The highest BCUT2D eigenvalue weighted by Crippen LogP contribution is 2.23. The molecule has 2 aromatic rings. The van der Waals surface area contributed by atoms with E-state index in [2.05, 4.69) is 5.32 Å². The summed E-state index contributed by atoms with van der Waals surface area (Å²) in [6, 6.07) is 10.3. The van der Waals surface area contributed by atoms with Gasteiger partial charge in [0.1, 0.15) is 17.4 Å². The lowest BCUT2D eigenvalue weighted by atomic mass is 9.98. The van der Waals surface area contributed by atoms with E-state index in [1.54, 1.807) is 29.2 Å². The van der Waals surface area contributed by atoms with E-state index in [0.717, 1.165) is 37.8 Å². The second-order valence-corrected chi connectivity index (χ2v) is 7.97. The molecule has 0 radical (unpaired) electrons. The van der Waals surface area contributed by atoms with Crippen LogP contribution in [-0.4, -0.2) is 42.5 Å². The van der Waals surface area contributed by atoms with Gasteiger partial charge in [0.05, 0.1) is 12.2 Å². The summed E-state index contributed by atoms with van der Waals surface area (Å²) < 4.78 is 33.0. The summed E-state index contributed by atoms with van der Waals surface area (Å²) in [4.78, 5) is 26.4. The highest BCUT2D eigenvalue weighted by atomic mass is 19.1. The van der Waals surface area contributed by atoms with Crippen LogP contribution in [0.4, 0.5) is 8.78 Å². The van der Waals surface area contributed by atoms with Gasteiger partial charge in [0.15, 0.2) is 0 Å². The van der Waals surface area contributed by atoms with E-state index >= 15 is 0 Å². The Kier molecular flexibility index (Phi) is 5.97. The van der Waals surface area contributed by atoms with Crippen molar-refractivity contribution in [3.8, 4) is 5.75 Å². The van der Waals surface area contributed by atoms with Crippen molar-refractivity contribution in [1.29, 1.82) is 0 Å². The van der Waals surface area contributed by atoms with Gasteiger partial charge in [-0.05, 0) is 56.0 Å². The Balaban J connectivity index is 1.34. The van der Waals surface area contributed by atoms with Crippen LogP contribution in [0.1, 0.15) is 46.4 Å². The normalized spacial score (nSPS) is 18.7. The van der Waals surface area contributed by atoms with Crippen molar-refractivity contribution in [1.82, 2.24) is 10.2 Å². The molecule has 0 bridgehead atoms. The number of rotatable bonds is 6.